The Labute approximate surface area is 116 Å². The molecule has 0 spiro atoms. The lowest BCUT2D eigenvalue weighted by molar-refractivity contribution is -0.129. The van der Waals surface area contributed by atoms with Crippen molar-refractivity contribution < 1.29 is 4.79 Å². The van der Waals surface area contributed by atoms with Crippen molar-refractivity contribution in [1.82, 2.24) is 9.80 Å². The molecule has 0 N–H and O–H groups in total. The fraction of sp³-hybridized carbons (Fsp3) is 0.562. The molecule has 1 amide bonds. The summed E-state index contributed by atoms with van der Waals surface area (Å²) in [7, 11) is 1.89. The predicted molar refractivity (Wildman–Crippen MR) is 78.1 cm³/mol. The first-order valence-corrected chi connectivity index (χ1v) is 7.11. The topological polar surface area (TPSA) is 23.6 Å². The SMILES string of the molecule is CC(C)c1ccc(CN2CCC(=O)N(C)CC2)cc1. The quantitative estimate of drug-likeness (QED) is 0.833. The minimum absolute atomic E-state index is 0.262. The van der Waals surface area contributed by atoms with Crippen molar-refractivity contribution in [2.45, 2.75) is 32.7 Å². The summed E-state index contributed by atoms with van der Waals surface area (Å²) in [5.74, 6) is 0.844. The van der Waals surface area contributed by atoms with Crippen LogP contribution in [0.5, 0.6) is 0 Å². The number of hydrogen-bond acceptors (Lipinski definition) is 2. The molecule has 3 nitrogen and oxygen atoms in total. The van der Waals surface area contributed by atoms with Gasteiger partial charge in [0.05, 0.1) is 0 Å². The van der Waals surface area contributed by atoms with Crippen LogP contribution in [0.4, 0.5) is 0 Å². The molecule has 0 saturated carbocycles. The smallest absolute Gasteiger partial charge is 0.223 e. The second-order valence-corrected chi connectivity index (χ2v) is 5.74. The molecule has 0 bridgehead atoms. The van der Waals surface area contributed by atoms with Crippen molar-refractivity contribution in [3.63, 3.8) is 0 Å². The Kier molecular flexibility index (Phi) is 4.59. The van der Waals surface area contributed by atoms with Crippen molar-refractivity contribution >= 4 is 5.91 Å². The van der Waals surface area contributed by atoms with Gasteiger partial charge in [0.2, 0.25) is 5.91 Å². The Morgan fingerprint density at radius 1 is 1.11 bits per heavy atom. The van der Waals surface area contributed by atoms with Crippen molar-refractivity contribution in [3.05, 3.63) is 35.4 Å². The Morgan fingerprint density at radius 2 is 1.79 bits per heavy atom. The first kappa shape index (κ1) is 14.1. The highest BCUT2D eigenvalue weighted by Gasteiger charge is 2.17. The van der Waals surface area contributed by atoms with Crippen molar-refractivity contribution in [3.8, 4) is 0 Å². The van der Waals surface area contributed by atoms with Gasteiger partial charge in [-0.05, 0) is 17.0 Å². The first-order valence-electron chi connectivity index (χ1n) is 7.11. The third-order valence-corrected chi connectivity index (χ3v) is 3.87. The van der Waals surface area contributed by atoms with Gasteiger partial charge in [0.15, 0.2) is 0 Å². The van der Waals surface area contributed by atoms with Crippen LogP contribution in [0, 0.1) is 0 Å². The fourth-order valence-corrected chi connectivity index (χ4v) is 2.40. The number of rotatable bonds is 3. The minimum Gasteiger partial charge on any atom is -0.344 e. The van der Waals surface area contributed by atoms with Gasteiger partial charge in [0, 0.05) is 39.6 Å². The highest BCUT2D eigenvalue weighted by molar-refractivity contribution is 5.76. The molecule has 1 heterocycles. The summed E-state index contributed by atoms with van der Waals surface area (Å²) in [4.78, 5) is 15.8. The number of nitrogens with zero attached hydrogens (tertiary/aromatic N) is 2. The molecule has 1 saturated heterocycles. The van der Waals surface area contributed by atoms with E-state index in [4.69, 9.17) is 0 Å². The van der Waals surface area contributed by atoms with Gasteiger partial charge in [-0.15, -0.1) is 0 Å². The van der Waals surface area contributed by atoms with Crippen LogP contribution in [0.2, 0.25) is 0 Å². The van der Waals surface area contributed by atoms with E-state index >= 15 is 0 Å². The number of amides is 1. The van der Waals surface area contributed by atoms with Crippen LogP contribution in [0.1, 0.15) is 37.3 Å². The zero-order valence-electron chi connectivity index (χ0n) is 12.2. The van der Waals surface area contributed by atoms with E-state index in [1.165, 1.54) is 11.1 Å². The summed E-state index contributed by atoms with van der Waals surface area (Å²) >= 11 is 0. The van der Waals surface area contributed by atoms with Crippen LogP contribution in [0.15, 0.2) is 24.3 Å². The molecule has 1 aliphatic rings. The molecule has 3 heteroatoms. The van der Waals surface area contributed by atoms with Gasteiger partial charge in [-0.25, -0.2) is 0 Å². The van der Waals surface area contributed by atoms with Crippen LogP contribution in [-0.4, -0.2) is 42.4 Å². The van der Waals surface area contributed by atoms with Crippen molar-refractivity contribution in [2.24, 2.45) is 0 Å². The van der Waals surface area contributed by atoms with Gasteiger partial charge in [-0.3, -0.25) is 9.69 Å². The lowest BCUT2D eigenvalue weighted by Gasteiger charge is -2.20. The summed E-state index contributed by atoms with van der Waals surface area (Å²) in [6, 6.07) is 8.86. The summed E-state index contributed by atoms with van der Waals surface area (Å²) in [6.45, 7) is 8.04. The van der Waals surface area contributed by atoms with E-state index in [2.05, 4.69) is 43.0 Å². The lowest BCUT2D eigenvalue weighted by Crippen LogP contribution is -2.29. The largest absolute Gasteiger partial charge is 0.344 e. The van der Waals surface area contributed by atoms with Crippen LogP contribution < -0.4 is 0 Å². The number of carbonyl (C=O) groups excluding carboxylic acids is 1. The maximum atomic E-state index is 11.6. The zero-order chi connectivity index (χ0) is 13.8. The lowest BCUT2D eigenvalue weighted by atomic mass is 10.0. The van der Waals surface area contributed by atoms with E-state index in [1.807, 2.05) is 11.9 Å². The summed E-state index contributed by atoms with van der Waals surface area (Å²) < 4.78 is 0. The zero-order valence-corrected chi connectivity index (χ0v) is 12.2. The second-order valence-electron chi connectivity index (χ2n) is 5.74. The molecule has 0 radical (unpaired) electrons. The van der Waals surface area contributed by atoms with Crippen LogP contribution in [0.25, 0.3) is 0 Å². The molecule has 0 unspecified atom stereocenters. The van der Waals surface area contributed by atoms with Crippen molar-refractivity contribution in [2.75, 3.05) is 26.7 Å². The number of likely N-dealkylation sites (N-methyl/N-ethyl adjacent to an activating group) is 1. The van der Waals surface area contributed by atoms with Gasteiger partial charge >= 0.3 is 0 Å². The minimum atomic E-state index is 0.262. The molecule has 0 aromatic heterocycles. The molecule has 1 fully saturated rings. The average Bonchev–Trinajstić information content (AvgIpc) is 2.55. The number of carbonyl (C=O) groups is 1. The third kappa shape index (κ3) is 3.80. The summed E-state index contributed by atoms with van der Waals surface area (Å²) in [6.07, 6.45) is 0.639. The summed E-state index contributed by atoms with van der Waals surface area (Å²) in [5.41, 5.74) is 2.72. The third-order valence-electron chi connectivity index (χ3n) is 3.87. The van der Waals surface area contributed by atoms with E-state index in [1.54, 1.807) is 0 Å². The molecule has 19 heavy (non-hydrogen) atoms. The standard InChI is InChI=1S/C16H24N2O/c1-13(2)15-6-4-14(5-7-15)12-18-9-8-16(19)17(3)10-11-18/h4-7,13H,8-12H2,1-3H3. The molecule has 1 aliphatic heterocycles. The number of benzene rings is 1. The monoisotopic (exact) mass is 260 g/mol. The van der Waals surface area contributed by atoms with Gasteiger partial charge in [0.25, 0.3) is 0 Å². The molecule has 0 aliphatic carbocycles. The Balaban J connectivity index is 1.95. The van der Waals surface area contributed by atoms with Crippen LogP contribution >= 0.6 is 0 Å². The predicted octanol–water partition coefficient (Wildman–Crippen LogP) is 2.47. The van der Waals surface area contributed by atoms with E-state index in [-0.39, 0.29) is 5.91 Å². The summed E-state index contributed by atoms with van der Waals surface area (Å²) in [5, 5.41) is 0. The van der Waals surface area contributed by atoms with Crippen LogP contribution in [0.3, 0.4) is 0 Å². The highest BCUT2D eigenvalue weighted by atomic mass is 16.2. The molecule has 1 aromatic rings. The first-order chi connectivity index (χ1) is 9.06. The number of hydrogen-bond donors (Lipinski definition) is 0. The molecule has 0 atom stereocenters. The molecular weight excluding hydrogens is 236 g/mol. The van der Waals surface area contributed by atoms with Gasteiger partial charge in [-0.1, -0.05) is 38.1 Å². The molecule has 2 rings (SSSR count). The fourth-order valence-electron chi connectivity index (χ4n) is 2.40. The molecular formula is C16H24N2O. The second kappa shape index (κ2) is 6.20. The maximum Gasteiger partial charge on any atom is 0.223 e. The van der Waals surface area contributed by atoms with E-state index in [9.17, 15) is 4.79 Å². The van der Waals surface area contributed by atoms with E-state index < -0.39 is 0 Å². The van der Waals surface area contributed by atoms with Gasteiger partial charge < -0.3 is 4.90 Å². The van der Waals surface area contributed by atoms with Crippen LogP contribution in [-0.2, 0) is 11.3 Å². The average molecular weight is 260 g/mol. The van der Waals surface area contributed by atoms with Crippen molar-refractivity contribution in [1.29, 1.82) is 0 Å². The molecule has 104 valence electrons. The Bertz CT molecular complexity index is 425. The normalized spacial score (nSPS) is 17.9. The van der Waals surface area contributed by atoms with Gasteiger partial charge in [0.1, 0.15) is 0 Å². The van der Waals surface area contributed by atoms with E-state index in [0.29, 0.717) is 12.3 Å². The maximum absolute atomic E-state index is 11.6. The molecule has 1 aromatic carbocycles. The van der Waals surface area contributed by atoms with Gasteiger partial charge in [-0.2, -0.15) is 0 Å². The van der Waals surface area contributed by atoms with E-state index in [0.717, 1.165) is 26.2 Å². The highest BCUT2D eigenvalue weighted by Crippen LogP contribution is 2.16. The Hall–Kier alpha value is -1.35. The Morgan fingerprint density at radius 3 is 2.42 bits per heavy atom.